The van der Waals surface area contributed by atoms with Crippen molar-refractivity contribution in [2.45, 2.75) is 19.9 Å². The summed E-state index contributed by atoms with van der Waals surface area (Å²) >= 11 is 1.69. The van der Waals surface area contributed by atoms with Gasteiger partial charge < -0.3 is 10.0 Å². The molecule has 1 saturated heterocycles. The van der Waals surface area contributed by atoms with Crippen LogP contribution >= 0.6 is 11.8 Å². The average Bonchev–Trinajstić information content (AvgIpc) is 2.77. The van der Waals surface area contributed by atoms with Crippen LogP contribution in [0.1, 0.15) is 13.8 Å². The van der Waals surface area contributed by atoms with E-state index < -0.39 is 11.9 Å². The third kappa shape index (κ3) is 3.38. The molecule has 0 radical (unpaired) electrons. The molecule has 0 spiro atoms. The number of nitrogens with zero attached hydrogens (tertiary/aromatic N) is 1. The van der Waals surface area contributed by atoms with Crippen molar-refractivity contribution < 1.29 is 14.7 Å². The van der Waals surface area contributed by atoms with E-state index in [4.69, 9.17) is 5.11 Å². The zero-order chi connectivity index (χ0) is 12.1. The summed E-state index contributed by atoms with van der Waals surface area (Å²) in [6.07, 6.45) is 0. The summed E-state index contributed by atoms with van der Waals surface area (Å²) in [5.74, 6) is 0.206. The molecular weight excluding hydrogens is 228 g/mol. The summed E-state index contributed by atoms with van der Waals surface area (Å²) in [7, 11) is 0. The Hall–Kier alpha value is -0.750. The number of rotatable bonds is 5. The molecule has 0 aromatic rings. The van der Waals surface area contributed by atoms with Crippen LogP contribution in [0.4, 0.5) is 0 Å². The second-order valence-corrected chi connectivity index (χ2v) is 4.92. The Labute approximate surface area is 99.6 Å². The number of amides is 1. The SMILES string of the molecule is CCN(CC(C)C(=O)O)C(=O)C1CSCN1. The molecule has 1 amide bonds. The van der Waals surface area contributed by atoms with Gasteiger partial charge in [-0.2, -0.15) is 0 Å². The fourth-order valence-electron chi connectivity index (χ4n) is 1.56. The Bertz CT molecular complexity index is 267. The third-order valence-corrected chi connectivity index (χ3v) is 3.56. The van der Waals surface area contributed by atoms with Crippen molar-refractivity contribution in [2.24, 2.45) is 5.92 Å². The lowest BCUT2D eigenvalue weighted by molar-refractivity contribution is -0.143. The summed E-state index contributed by atoms with van der Waals surface area (Å²) in [6, 6.07) is -0.147. The fourth-order valence-corrected chi connectivity index (χ4v) is 2.49. The van der Waals surface area contributed by atoms with Gasteiger partial charge in [-0.1, -0.05) is 6.92 Å². The van der Waals surface area contributed by atoms with Gasteiger partial charge in [-0.05, 0) is 6.92 Å². The maximum atomic E-state index is 12.0. The highest BCUT2D eigenvalue weighted by Crippen LogP contribution is 2.13. The average molecular weight is 246 g/mol. The van der Waals surface area contributed by atoms with Crippen LogP contribution in [0.5, 0.6) is 0 Å². The van der Waals surface area contributed by atoms with E-state index >= 15 is 0 Å². The van der Waals surface area contributed by atoms with Crippen LogP contribution in [-0.4, -0.2) is 52.6 Å². The van der Waals surface area contributed by atoms with E-state index in [9.17, 15) is 9.59 Å². The second-order valence-electron chi connectivity index (χ2n) is 3.89. The molecule has 0 aromatic heterocycles. The second kappa shape index (κ2) is 6.10. The predicted octanol–water partition coefficient (Wildman–Crippen LogP) is 0.218. The molecule has 2 unspecified atom stereocenters. The number of carboxylic acids is 1. The van der Waals surface area contributed by atoms with Crippen LogP contribution in [0, 0.1) is 5.92 Å². The van der Waals surface area contributed by atoms with Gasteiger partial charge in [-0.15, -0.1) is 11.8 Å². The van der Waals surface area contributed by atoms with E-state index in [1.807, 2.05) is 6.92 Å². The van der Waals surface area contributed by atoms with Gasteiger partial charge in [0.15, 0.2) is 0 Å². The number of hydrogen-bond acceptors (Lipinski definition) is 4. The molecule has 2 atom stereocenters. The van der Waals surface area contributed by atoms with Gasteiger partial charge in [0.25, 0.3) is 0 Å². The summed E-state index contributed by atoms with van der Waals surface area (Å²) < 4.78 is 0. The van der Waals surface area contributed by atoms with Gasteiger partial charge in [0, 0.05) is 24.7 Å². The molecular formula is C10H18N2O3S. The quantitative estimate of drug-likeness (QED) is 0.726. The van der Waals surface area contributed by atoms with Gasteiger partial charge >= 0.3 is 5.97 Å². The number of carbonyl (C=O) groups excluding carboxylic acids is 1. The molecule has 0 aromatic carbocycles. The summed E-state index contributed by atoms with van der Waals surface area (Å²) in [5.41, 5.74) is 0. The maximum Gasteiger partial charge on any atom is 0.308 e. The molecule has 1 fully saturated rings. The van der Waals surface area contributed by atoms with Crippen molar-refractivity contribution in [3.63, 3.8) is 0 Å². The lowest BCUT2D eigenvalue weighted by atomic mass is 10.1. The number of hydrogen-bond donors (Lipinski definition) is 2. The first kappa shape index (κ1) is 13.3. The van der Waals surface area contributed by atoms with Crippen molar-refractivity contribution in [2.75, 3.05) is 24.7 Å². The molecule has 2 N–H and O–H groups in total. The van der Waals surface area contributed by atoms with Crippen molar-refractivity contribution in [3.05, 3.63) is 0 Å². The van der Waals surface area contributed by atoms with E-state index in [0.29, 0.717) is 6.54 Å². The number of likely N-dealkylation sites (N-methyl/N-ethyl adjacent to an activating group) is 1. The summed E-state index contributed by atoms with van der Waals surface area (Å²) in [4.78, 5) is 24.3. The monoisotopic (exact) mass is 246 g/mol. The highest BCUT2D eigenvalue weighted by molar-refractivity contribution is 7.99. The normalized spacial score (nSPS) is 21.8. The highest BCUT2D eigenvalue weighted by atomic mass is 32.2. The van der Waals surface area contributed by atoms with Crippen LogP contribution in [0.2, 0.25) is 0 Å². The number of nitrogens with one attached hydrogen (secondary N) is 1. The maximum absolute atomic E-state index is 12.0. The van der Waals surface area contributed by atoms with E-state index in [-0.39, 0.29) is 18.5 Å². The van der Waals surface area contributed by atoms with Crippen molar-refractivity contribution in [3.8, 4) is 0 Å². The number of carbonyl (C=O) groups is 2. The van der Waals surface area contributed by atoms with Gasteiger partial charge in [0.05, 0.1) is 12.0 Å². The van der Waals surface area contributed by atoms with Gasteiger partial charge in [-0.3, -0.25) is 14.9 Å². The zero-order valence-corrected chi connectivity index (χ0v) is 10.4. The van der Waals surface area contributed by atoms with Crippen molar-refractivity contribution in [1.82, 2.24) is 10.2 Å². The Morgan fingerprint density at radius 1 is 1.62 bits per heavy atom. The first-order valence-electron chi connectivity index (χ1n) is 5.39. The zero-order valence-electron chi connectivity index (χ0n) is 9.60. The van der Waals surface area contributed by atoms with Gasteiger partial charge in [-0.25, -0.2) is 0 Å². The molecule has 1 aliphatic rings. The standard InChI is InChI=1S/C10H18N2O3S/c1-3-12(4-7(2)10(14)15)9(13)8-5-16-6-11-8/h7-8,11H,3-6H2,1-2H3,(H,14,15). The topological polar surface area (TPSA) is 69.6 Å². The number of aliphatic carboxylic acids is 1. The Balaban J connectivity index is 2.52. The lowest BCUT2D eigenvalue weighted by Gasteiger charge is -2.25. The molecule has 1 heterocycles. The number of thioether (sulfide) groups is 1. The minimum absolute atomic E-state index is 0.0144. The van der Waals surface area contributed by atoms with Gasteiger partial charge in [0.1, 0.15) is 0 Å². The molecule has 0 bridgehead atoms. The van der Waals surface area contributed by atoms with Crippen LogP contribution in [0.25, 0.3) is 0 Å². The highest BCUT2D eigenvalue weighted by Gasteiger charge is 2.28. The van der Waals surface area contributed by atoms with Crippen LogP contribution < -0.4 is 5.32 Å². The summed E-state index contributed by atoms with van der Waals surface area (Å²) in [5, 5.41) is 11.9. The number of carboxylic acid groups (broad SMARTS) is 1. The van der Waals surface area contributed by atoms with E-state index in [2.05, 4.69) is 5.32 Å². The van der Waals surface area contributed by atoms with E-state index in [1.54, 1.807) is 23.6 Å². The third-order valence-electron chi connectivity index (χ3n) is 2.62. The molecule has 92 valence electrons. The predicted molar refractivity (Wildman–Crippen MR) is 63.3 cm³/mol. The van der Waals surface area contributed by atoms with Crippen molar-refractivity contribution in [1.29, 1.82) is 0 Å². The first-order valence-corrected chi connectivity index (χ1v) is 6.54. The minimum Gasteiger partial charge on any atom is -0.481 e. The lowest BCUT2D eigenvalue weighted by Crippen LogP contribution is -2.47. The van der Waals surface area contributed by atoms with Gasteiger partial charge in [0.2, 0.25) is 5.91 Å². The molecule has 16 heavy (non-hydrogen) atoms. The van der Waals surface area contributed by atoms with Crippen molar-refractivity contribution >= 4 is 23.6 Å². The fraction of sp³-hybridized carbons (Fsp3) is 0.800. The summed E-state index contributed by atoms with van der Waals surface area (Å²) in [6.45, 7) is 4.33. The Kier molecular flexibility index (Phi) is 5.08. The van der Waals surface area contributed by atoms with E-state index in [0.717, 1.165) is 11.6 Å². The van der Waals surface area contributed by atoms with Crippen LogP contribution in [-0.2, 0) is 9.59 Å². The minimum atomic E-state index is -0.861. The molecule has 0 aliphatic carbocycles. The first-order chi connectivity index (χ1) is 7.56. The van der Waals surface area contributed by atoms with E-state index in [1.165, 1.54) is 0 Å². The Morgan fingerprint density at radius 2 is 2.31 bits per heavy atom. The smallest absolute Gasteiger partial charge is 0.308 e. The molecule has 1 rings (SSSR count). The molecule has 0 saturated carbocycles. The molecule has 6 heteroatoms. The molecule has 1 aliphatic heterocycles. The molecule has 5 nitrogen and oxygen atoms in total. The van der Waals surface area contributed by atoms with Crippen LogP contribution in [0.15, 0.2) is 0 Å². The largest absolute Gasteiger partial charge is 0.481 e. The van der Waals surface area contributed by atoms with Crippen LogP contribution in [0.3, 0.4) is 0 Å². The Morgan fingerprint density at radius 3 is 2.75 bits per heavy atom.